The van der Waals surface area contributed by atoms with E-state index in [4.69, 9.17) is 0 Å². The molecule has 1 amide bonds. The molecular weight excluding hydrogens is 378 g/mol. The summed E-state index contributed by atoms with van der Waals surface area (Å²) in [6, 6.07) is 9.95. The van der Waals surface area contributed by atoms with Crippen molar-refractivity contribution in [1.82, 2.24) is 14.9 Å². The number of para-hydroxylation sites is 2. The first-order valence-electron chi connectivity index (χ1n) is 8.29. The number of aromatic nitrogens is 2. The van der Waals surface area contributed by atoms with Crippen LogP contribution in [0.3, 0.4) is 0 Å². The number of benzene rings is 2. The van der Waals surface area contributed by atoms with E-state index < -0.39 is 35.2 Å². The Bertz CT molecular complexity index is 1080. The zero-order valence-electron chi connectivity index (χ0n) is 14.6. The summed E-state index contributed by atoms with van der Waals surface area (Å²) < 4.78 is 53.4. The maximum Gasteiger partial charge on any atom is 0.438 e. The second-order valence-corrected chi connectivity index (χ2v) is 6.14. The topological polar surface area (TPSA) is 64.0 Å². The largest absolute Gasteiger partial charge is 0.438 e. The normalized spacial score (nSPS) is 12.8. The lowest BCUT2D eigenvalue weighted by atomic mass is 10.2. The van der Waals surface area contributed by atoms with Gasteiger partial charge in [0.2, 0.25) is 11.6 Å². The first kappa shape index (κ1) is 19.5. The first-order valence-corrected chi connectivity index (χ1v) is 8.29. The van der Waals surface area contributed by atoms with Crippen LogP contribution in [-0.2, 0) is 17.5 Å². The Labute approximate surface area is 156 Å². The fourth-order valence-electron chi connectivity index (χ4n) is 2.78. The van der Waals surface area contributed by atoms with E-state index in [1.54, 1.807) is 0 Å². The van der Waals surface area contributed by atoms with Crippen LogP contribution in [0.5, 0.6) is 0 Å². The predicted molar refractivity (Wildman–Crippen MR) is 94.0 cm³/mol. The summed E-state index contributed by atoms with van der Waals surface area (Å²) in [5, 5.41) is 2.54. The van der Waals surface area contributed by atoms with Crippen LogP contribution in [0.2, 0.25) is 0 Å². The second-order valence-electron chi connectivity index (χ2n) is 6.14. The number of amides is 1. The van der Waals surface area contributed by atoms with Crippen molar-refractivity contribution in [3.05, 3.63) is 76.0 Å². The average Bonchev–Trinajstić information content (AvgIpc) is 2.65. The van der Waals surface area contributed by atoms with Crippen LogP contribution in [0.25, 0.3) is 11.0 Å². The Kier molecular flexibility index (Phi) is 5.17. The van der Waals surface area contributed by atoms with E-state index in [1.807, 2.05) is 0 Å². The molecule has 0 spiro atoms. The zero-order chi connectivity index (χ0) is 20.5. The molecule has 5 nitrogen and oxygen atoms in total. The molecule has 0 aliphatic carbocycles. The highest BCUT2D eigenvalue weighted by molar-refractivity contribution is 5.83. The molecule has 1 atom stereocenters. The third-order valence-electron chi connectivity index (χ3n) is 4.21. The molecule has 9 heteroatoms. The Morgan fingerprint density at radius 1 is 1.14 bits per heavy atom. The van der Waals surface area contributed by atoms with Crippen molar-refractivity contribution in [1.29, 1.82) is 0 Å². The van der Waals surface area contributed by atoms with Gasteiger partial charge in [0.05, 0.1) is 11.0 Å². The standard InChI is InChI=1S/C19H15F4N3O2/c1-11(17(27)24-10-12-6-8-13(20)9-7-12)26-15-5-3-2-4-14(15)25-16(18(26)28)19(21,22)23/h2-9,11H,10H2,1H3,(H,24,27)/t11-/m0/s1. The molecule has 0 fully saturated rings. The minimum Gasteiger partial charge on any atom is -0.350 e. The van der Waals surface area contributed by atoms with E-state index in [9.17, 15) is 27.2 Å². The van der Waals surface area contributed by atoms with Crippen molar-refractivity contribution < 1.29 is 22.4 Å². The van der Waals surface area contributed by atoms with Gasteiger partial charge in [-0.05, 0) is 36.8 Å². The van der Waals surface area contributed by atoms with Crippen molar-refractivity contribution in [3.63, 3.8) is 0 Å². The number of alkyl halides is 3. The van der Waals surface area contributed by atoms with Gasteiger partial charge in [0.1, 0.15) is 11.9 Å². The summed E-state index contributed by atoms with van der Waals surface area (Å²) in [7, 11) is 0. The highest BCUT2D eigenvalue weighted by Gasteiger charge is 2.38. The van der Waals surface area contributed by atoms with Gasteiger partial charge < -0.3 is 5.32 Å². The molecule has 146 valence electrons. The molecule has 0 radical (unpaired) electrons. The van der Waals surface area contributed by atoms with Crippen molar-refractivity contribution in [2.24, 2.45) is 0 Å². The smallest absolute Gasteiger partial charge is 0.350 e. The predicted octanol–water partition coefficient (Wildman–Crippen LogP) is 3.43. The molecule has 0 bridgehead atoms. The summed E-state index contributed by atoms with van der Waals surface area (Å²) in [6.45, 7) is 1.36. The Balaban J connectivity index is 1.97. The summed E-state index contributed by atoms with van der Waals surface area (Å²) >= 11 is 0. The van der Waals surface area contributed by atoms with E-state index in [1.165, 1.54) is 55.5 Å². The number of rotatable bonds is 4. The van der Waals surface area contributed by atoms with Gasteiger partial charge in [-0.1, -0.05) is 24.3 Å². The van der Waals surface area contributed by atoms with Crippen LogP contribution < -0.4 is 10.9 Å². The number of fused-ring (bicyclic) bond motifs is 1. The van der Waals surface area contributed by atoms with E-state index in [0.29, 0.717) is 5.56 Å². The Morgan fingerprint density at radius 2 is 1.79 bits per heavy atom. The molecule has 1 N–H and O–H groups in total. The number of nitrogens with zero attached hydrogens (tertiary/aromatic N) is 2. The molecule has 1 heterocycles. The van der Waals surface area contributed by atoms with Crippen LogP contribution >= 0.6 is 0 Å². The fraction of sp³-hybridized carbons (Fsp3) is 0.211. The monoisotopic (exact) mass is 393 g/mol. The first-order chi connectivity index (χ1) is 13.2. The quantitative estimate of drug-likeness (QED) is 0.691. The molecule has 0 saturated heterocycles. The Morgan fingerprint density at radius 3 is 2.43 bits per heavy atom. The van der Waals surface area contributed by atoms with Gasteiger partial charge in [-0.25, -0.2) is 9.37 Å². The highest BCUT2D eigenvalue weighted by atomic mass is 19.4. The minimum absolute atomic E-state index is 0.0351. The highest BCUT2D eigenvalue weighted by Crippen LogP contribution is 2.27. The summed E-state index contributed by atoms with van der Waals surface area (Å²) in [5.74, 6) is -1.09. The lowest BCUT2D eigenvalue weighted by molar-refractivity contribution is -0.142. The van der Waals surface area contributed by atoms with Crippen molar-refractivity contribution in [2.45, 2.75) is 25.7 Å². The van der Waals surface area contributed by atoms with Crippen molar-refractivity contribution in [3.8, 4) is 0 Å². The summed E-state index contributed by atoms with van der Waals surface area (Å²) in [6.07, 6.45) is -4.95. The molecule has 28 heavy (non-hydrogen) atoms. The zero-order valence-corrected chi connectivity index (χ0v) is 14.6. The molecule has 2 aromatic carbocycles. The van der Waals surface area contributed by atoms with E-state index in [2.05, 4.69) is 10.3 Å². The van der Waals surface area contributed by atoms with Gasteiger partial charge >= 0.3 is 6.18 Å². The molecule has 0 unspecified atom stereocenters. The maximum absolute atomic E-state index is 13.2. The molecule has 3 aromatic rings. The van der Waals surface area contributed by atoms with E-state index in [0.717, 1.165) is 4.57 Å². The number of nitrogens with one attached hydrogen (secondary N) is 1. The van der Waals surface area contributed by atoms with Crippen LogP contribution in [-0.4, -0.2) is 15.5 Å². The van der Waals surface area contributed by atoms with Crippen LogP contribution in [0, 0.1) is 5.82 Å². The number of hydrogen-bond acceptors (Lipinski definition) is 3. The van der Waals surface area contributed by atoms with Gasteiger partial charge in [0.15, 0.2) is 0 Å². The number of hydrogen-bond donors (Lipinski definition) is 1. The minimum atomic E-state index is -4.95. The molecule has 1 aromatic heterocycles. The van der Waals surface area contributed by atoms with Crippen LogP contribution in [0.1, 0.15) is 24.2 Å². The third-order valence-corrected chi connectivity index (χ3v) is 4.21. The van der Waals surface area contributed by atoms with E-state index in [-0.39, 0.29) is 17.6 Å². The lowest BCUT2D eigenvalue weighted by Crippen LogP contribution is -2.38. The SMILES string of the molecule is C[C@@H](C(=O)NCc1ccc(F)cc1)n1c(=O)c(C(F)(F)F)nc2ccccc21. The van der Waals surface area contributed by atoms with Gasteiger partial charge in [0, 0.05) is 6.54 Å². The number of carbonyl (C=O) groups excluding carboxylic acids is 1. The molecule has 0 aliphatic heterocycles. The van der Waals surface area contributed by atoms with Crippen molar-refractivity contribution in [2.75, 3.05) is 0 Å². The fourth-order valence-corrected chi connectivity index (χ4v) is 2.78. The number of carbonyl (C=O) groups is 1. The maximum atomic E-state index is 13.2. The van der Waals surface area contributed by atoms with Crippen LogP contribution in [0.15, 0.2) is 53.3 Å². The van der Waals surface area contributed by atoms with Gasteiger partial charge in [-0.2, -0.15) is 13.2 Å². The third kappa shape index (κ3) is 3.88. The molecule has 0 saturated carbocycles. The van der Waals surface area contributed by atoms with Gasteiger partial charge in [-0.3, -0.25) is 14.2 Å². The summed E-state index contributed by atoms with van der Waals surface area (Å²) in [4.78, 5) is 28.4. The summed E-state index contributed by atoms with van der Waals surface area (Å²) in [5.41, 5.74) is -2.30. The van der Waals surface area contributed by atoms with Crippen LogP contribution in [0.4, 0.5) is 17.6 Å². The second kappa shape index (κ2) is 7.41. The van der Waals surface area contributed by atoms with Gasteiger partial charge in [-0.15, -0.1) is 0 Å². The Hall–Kier alpha value is -3.23. The lowest BCUT2D eigenvalue weighted by Gasteiger charge is -2.19. The molecule has 0 aliphatic rings. The van der Waals surface area contributed by atoms with E-state index >= 15 is 0 Å². The average molecular weight is 393 g/mol. The molecule has 3 rings (SSSR count). The molecular formula is C19H15F4N3O2. The number of halogens is 4. The van der Waals surface area contributed by atoms with Gasteiger partial charge in [0.25, 0.3) is 5.56 Å². The van der Waals surface area contributed by atoms with Crippen molar-refractivity contribution >= 4 is 16.9 Å².